The Morgan fingerprint density at radius 3 is 3.36 bits per heavy atom. The van der Waals surface area contributed by atoms with Gasteiger partial charge in [0.2, 0.25) is 0 Å². The Labute approximate surface area is 65.5 Å². The first kappa shape index (κ1) is 6.91. The van der Waals surface area contributed by atoms with Crippen LogP contribution in [0.25, 0.3) is 0 Å². The number of cyclic esters (lactones) is 1. The third-order valence-electron chi connectivity index (χ3n) is 2.26. The Bertz CT molecular complexity index is 170. The molecule has 2 fully saturated rings. The molecule has 0 spiro atoms. The topological polar surface area (TPSA) is 41.6 Å². The van der Waals surface area contributed by atoms with Crippen LogP contribution in [0.4, 0.5) is 4.79 Å². The van der Waals surface area contributed by atoms with Gasteiger partial charge in [-0.05, 0) is 0 Å². The summed E-state index contributed by atoms with van der Waals surface area (Å²) < 4.78 is 4.91. The largest absolute Gasteiger partial charge is 0.449 e. The number of carbonyl (C=O) groups is 1. The molecular weight excluding hydrogens is 144 g/mol. The van der Waals surface area contributed by atoms with Gasteiger partial charge in [0.05, 0.1) is 12.6 Å². The lowest BCUT2D eigenvalue weighted by Gasteiger charge is -2.38. The first-order chi connectivity index (χ1) is 5.38. The smallest absolute Gasteiger partial charge is 0.410 e. The first-order valence-corrected chi connectivity index (χ1v) is 4.02. The fraction of sp³-hybridized carbons (Fsp3) is 0.857. The number of hydrogen-bond donors (Lipinski definition) is 1. The number of ether oxygens (including phenoxy) is 1. The minimum atomic E-state index is -0.136. The van der Waals surface area contributed by atoms with Crippen molar-refractivity contribution < 1.29 is 9.53 Å². The van der Waals surface area contributed by atoms with Crippen molar-refractivity contribution in [2.75, 3.05) is 26.2 Å². The van der Waals surface area contributed by atoms with E-state index in [1.165, 1.54) is 0 Å². The predicted octanol–water partition coefficient (Wildman–Crippen LogP) is -0.200. The van der Waals surface area contributed by atoms with Crippen molar-refractivity contribution in [1.82, 2.24) is 10.2 Å². The number of nitrogens with one attached hydrogen (secondary N) is 1. The van der Waals surface area contributed by atoms with Gasteiger partial charge in [-0.1, -0.05) is 0 Å². The normalized spacial score (nSPS) is 31.1. The zero-order valence-electron chi connectivity index (χ0n) is 6.38. The van der Waals surface area contributed by atoms with E-state index >= 15 is 0 Å². The summed E-state index contributed by atoms with van der Waals surface area (Å²) in [6.45, 7) is 3.20. The van der Waals surface area contributed by atoms with Crippen LogP contribution in [0.5, 0.6) is 0 Å². The van der Waals surface area contributed by atoms with Crippen LogP contribution in [0, 0.1) is 0 Å². The summed E-state index contributed by atoms with van der Waals surface area (Å²) in [5, 5.41) is 3.26. The van der Waals surface area contributed by atoms with Crippen LogP contribution in [-0.2, 0) is 4.74 Å². The van der Waals surface area contributed by atoms with Gasteiger partial charge in [0.25, 0.3) is 0 Å². The predicted molar refractivity (Wildman–Crippen MR) is 39.3 cm³/mol. The molecule has 1 N–H and O–H groups in total. The second-order valence-electron chi connectivity index (χ2n) is 2.95. The van der Waals surface area contributed by atoms with E-state index in [0.717, 1.165) is 26.1 Å². The highest BCUT2D eigenvalue weighted by Gasteiger charge is 2.30. The third-order valence-corrected chi connectivity index (χ3v) is 2.26. The number of carbonyl (C=O) groups excluding carboxylic acids is 1. The standard InChI is InChI=1S/C7H12N2O2/c10-7-9-3-2-8-5-6(9)1-4-11-7/h6,8H,1-5H2. The highest BCUT2D eigenvalue weighted by atomic mass is 16.6. The third kappa shape index (κ3) is 1.18. The number of rotatable bonds is 0. The van der Waals surface area contributed by atoms with Crippen molar-refractivity contribution in [2.24, 2.45) is 0 Å². The van der Waals surface area contributed by atoms with E-state index in [1.54, 1.807) is 0 Å². The van der Waals surface area contributed by atoms with Crippen molar-refractivity contribution in [3.63, 3.8) is 0 Å². The molecule has 4 nitrogen and oxygen atoms in total. The lowest BCUT2D eigenvalue weighted by Crippen LogP contribution is -2.56. The summed E-state index contributed by atoms with van der Waals surface area (Å²) in [5.41, 5.74) is 0. The molecule has 62 valence electrons. The average Bonchev–Trinajstić information content (AvgIpc) is 2.06. The lowest BCUT2D eigenvalue weighted by molar-refractivity contribution is 0.0353. The maximum Gasteiger partial charge on any atom is 0.410 e. The molecule has 2 aliphatic heterocycles. The molecule has 1 atom stereocenters. The number of fused-ring (bicyclic) bond motifs is 1. The Morgan fingerprint density at radius 1 is 1.64 bits per heavy atom. The zero-order chi connectivity index (χ0) is 7.68. The fourth-order valence-corrected chi connectivity index (χ4v) is 1.62. The SMILES string of the molecule is O=C1OCCC2CNCCN12. The molecular formula is C7H12N2O2. The molecule has 2 rings (SSSR count). The van der Waals surface area contributed by atoms with Gasteiger partial charge in [0.15, 0.2) is 0 Å². The monoisotopic (exact) mass is 156 g/mol. The highest BCUT2D eigenvalue weighted by Crippen LogP contribution is 2.14. The summed E-state index contributed by atoms with van der Waals surface area (Å²) in [7, 11) is 0. The Morgan fingerprint density at radius 2 is 2.55 bits per heavy atom. The molecule has 0 saturated carbocycles. The van der Waals surface area contributed by atoms with Crippen LogP contribution in [0.3, 0.4) is 0 Å². The minimum absolute atomic E-state index is 0.136. The van der Waals surface area contributed by atoms with Gasteiger partial charge in [0, 0.05) is 26.1 Å². The van der Waals surface area contributed by atoms with Crippen molar-refractivity contribution in [3.8, 4) is 0 Å². The molecule has 0 aromatic carbocycles. The Hall–Kier alpha value is -0.770. The van der Waals surface area contributed by atoms with Crippen molar-refractivity contribution >= 4 is 6.09 Å². The fourth-order valence-electron chi connectivity index (χ4n) is 1.62. The highest BCUT2D eigenvalue weighted by molar-refractivity contribution is 5.68. The molecule has 1 amide bonds. The van der Waals surface area contributed by atoms with Crippen molar-refractivity contribution in [2.45, 2.75) is 12.5 Å². The summed E-state index contributed by atoms with van der Waals surface area (Å²) >= 11 is 0. The number of amides is 1. The lowest BCUT2D eigenvalue weighted by atomic mass is 10.1. The molecule has 0 aromatic heterocycles. The van der Waals surface area contributed by atoms with Gasteiger partial charge in [-0.2, -0.15) is 0 Å². The van der Waals surface area contributed by atoms with Crippen LogP contribution < -0.4 is 5.32 Å². The van der Waals surface area contributed by atoms with Crippen molar-refractivity contribution in [1.29, 1.82) is 0 Å². The minimum Gasteiger partial charge on any atom is -0.449 e. The zero-order valence-corrected chi connectivity index (χ0v) is 6.38. The molecule has 2 heterocycles. The first-order valence-electron chi connectivity index (χ1n) is 4.02. The molecule has 0 aromatic rings. The van der Waals surface area contributed by atoms with E-state index in [1.807, 2.05) is 4.90 Å². The Kier molecular flexibility index (Phi) is 1.69. The summed E-state index contributed by atoms with van der Waals surface area (Å²) in [6, 6.07) is 0.380. The van der Waals surface area contributed by atoms with Gasteiger partial charge < -0.3 is 15.0 Å². The summed E-state index contributed by atoms with van der Waals surface area (Å²) in [5.74, 6) is 0. The summed E-state index contributed by atoms with van der Waals surface area (Å²) in [6.07, 6.45) is 0.835. The summed E-state index contributed by atoms with van der Waals surface area (Å²) in [4.78, 5) is 12.9. The molecule has 0 bridgehead atoms. The van der Waals surface area contributed by atoms with E-state index in [2.05, 4.69) is 5.32 Å². The molecule has 2 aliphatic rings. The number of piperazine rings is 1. The van der Waals surface area contributed by atoms with Gasteiger partial charge in [-0.15, -0.1) is 0 Å². The molecule has 4 heteroatoms. The maximum atomic E-state index is 11.1. The second-order valence-corrected chi connectivity index (χ2v) is 2.95. The quantitative estimate of drug-likeness (QED) is 0.528. The van der Waals surface area contributed by atoms with E-state index < -0.39 is 0 Å². The molecule has 1 unspecified atom stereocenters. The van der Waals surface area contributed by atoms with Gasteiger partial charge in [-0.25, -0.2) is 4.79 Å². The van der Waals surface area contributed by atoms with E-state index in [-0.39, 0.29) is 6.09 Å². The molecule has 0 radical (unpaired) electrons. The van der Waals surface area contributed by atoms with E-state index in [4.69, 9.17) is 4.74 Å². The average molecular weight is 156 g/mol. The van der Waals surface area contributed by atoms with Crippen LogP contribution in [0.1, 0.15) is 6.42 Å². The van der Waals surface area contributed by atoms with Gasteiger partial charge in [-0.3, -0.25) is 0 Å². The number of hydrogen-bond acceptors (Lipinski definition) is 3. The van der Waals surface area contributed by atoms with Crippen molar-refractivity contribution in [3.05, 3.63) is 0 Å². The van der Waals surface area contributed by atoms with Gasteiger partial charge >= 0.3 is 6.09 Å². The van der Waals surface area contributed by atoms with Gasteiger partial charge in [0.1, 0.15) is 0 Å². The van der Waals surface area contributed by atoms with Crippen LogP contribution in [-0.4, -0.2) is 43.3 Å². The van der Waals surface area contributed by atoms with Crippen LogP contribution >= 0.6 is 0 Å². The van der Waals surface area contributed by atoms with Crippen LogP contribution in [0.15, 0.2) is 0 Å². The Balaban J connectivity index is 2.05. The molecule has 0 aliphatic carbocycles. The molecule has 11 heavy (non-hydrogen) atoms. The molecule has 2 saturated heterocycles. The maximum absolute atomic E-state index is 11.1. The van der Waals surface area contributed by atoms with E-state index in [0.29, 0.717) is 12.6 Å². The second kappa shape index (κ2) is 2.70. The number of nitrogens with zero attached hydrogens (tertiary/aromatic N) is 1. The van der Waals surface area contributed by atoms with Crippen LogP contribution in [0.2, 0.25) is 0 Å². The van der Waals surface area contributed by atoms with E-state index in [9.17, 15) is 4.79 Å².